The number of aliphatic carboxylic acids is 1. The largest absolute Gasteiger partial charge is 0.481 e. The van der Waals surface area contributed by atoms with Gasteiger partial charge in [0.15, 0.2) is 12.0 Å². The second-order valence-corrected chi connectivity index (χ2v) is 4.01. The van der Waals surface area contributed by atoms with E-state index < -0.39 is 5.97 Å². The smallest absolute Gasteiger partial charge is 0.309 e. The average molecular weight is 242 g/mol. The van der Waals surface area contributed by atoms with Crippen LogP contribution in [0.4, 0.5) is 5.82 Å². The quantitative estimate of drug-likeness (QED) is 0.895. The highest BCUT2D eigenvalue weighted by molar-refractivity contribution is 5.69. The van der Waals surface area contributed by atoms with Gasteiger partial charge in [0.2, 0.25) is 0 Å². The summed E-state index contributed by atoms with van der Waals surface area (Å²) >= 11 is 0. The molecule has 1 atom stereocenters. The summed E-state index contributed by atoms with van der Waals surface area (Å²) in [4.78, 5) is 10.6. The van der Waals surface area contributed by atoms with Gasteiger partial charge in [0.25, 0.3) is 0 Å². The molecule has 6 nitrogen and oxygen atoms in total. The molecule has 1 aliphatic heterocycles. The lowest BCUT2D eigenvalue weighted by molar-refractivity contribution is -0.136. The highest BCUT2D eigenvalue weighted by atomic mass is 16.4. The number of azo groups is 1. The first-order valence-corrected chi connectivity index (χ1v) is 5.50. The molecule has 6 heteroatoms. The second-order valence-electron chi connectivity index (χ2n) is 4.01. The van der Waals surface area contributed by atoms with Crippen LogP contribution in [0.15, 0.2) is 46.6 Å². The van der Waals surface area contributed by atoms with Crippen molar-refractivity contribution in [1.82, 2.24) is 9.78 Å². The highest BCUT2D eigenvalue weighted by Crippen LogP contribution is 2.32. The van der Waals surface area contributed by atoms with Gasteiger partial charge < -0.3 is 5.11 Å². The van der Waals surface area contributed by atoms with E-state index in [2.05, 4.69) is 15.3 Å². The molecular formula is C12H10N4O2. The molecule has 2 aromatic rings. The molecule has 0 bridgehead atoms. The number of carbonyl (C=O) groups is 1. The third kappa shape index (κ3) is 1.77. The van der Waals surface area contributed by atoms with Gasteiger partial charge in [-0.15, -0.1) is 5.11 Å². The van der Waals surface area contributed by atoms with Crippen molar-refractivity contribution in [2.45, 2.75) is 12.6 Å². The number of nitrogens with zero attached hydrogens (tertiary/aromatic N) is 4. The maximum atomic E-state index is 10.6. The molecule has 1 N–H and O–H groups in total. The molecule has 0 saturated carbocycles. The van der Waals surface area contributed by atoms with Gasteiger partial charge in [0.05, 0.1) is 12.1 Å². The third-order valence-electron chi connectivity index (χ3n) is 2.70. The van der Waals surface area contributed by atoms with Crippen LogP contribution in [0.1, 0.15) is 17.4 Å². The van der Waals surface area contributed by atoms with Crippen molar-refractivity contribution in [3.8, 4) is 0 Å². The van der Waals surface area contributed by atoms with Crippen LogP contribution in [0, 0.1) is 0 Å². The van der Waals surface area contributed by atoms with Crippen molar-refractivity contribution >= 4 is 11.8 Å². The van der Waals surface area contributed by atoms with Gasteiger partial charge in [-0.1, -0.05) is 30.3 Å². The van der Waals surface area contributed by atoms with Crippen LogP contribution in [0.5, 0.6) is 0 Å². The van der Waals surface area contributed by atoms with Crippen molar-refractivity contribution in [3.63, 3.8) is 0 Å². The van der Waals surface area contributed by atoms with E-state index in [9.17, 15) is 4.79 Å². The van der Waals surface area contributed by atoms with Crippen LogP contribution in [0.2, 0.25) is 0 Å². The van der Waals surface area contributed by atoms with Crippen LogP contribution in [-0.2, 0) is 11.2 Å². The summed E-state index contributed by atoms with van der Waals surface area (Å²) in [5, 5.41) is 21.1. The molecule has 3 rings (SSSR count). The molecule has 1 unspecified atom stereocenters. The Morgan fingerprint density at radius 1 is 1.33 bits per heavy atom. The fourth-order valence-corrected chi connectivity index (χ4v) is 1.93. The first-order valence-electron chi connectivity index (χ1n) is 5.50. The number of fused-ring (bicyclic) bond motifs is 1. The minimum Gasteiger partial charge on any atom is -0.481 e. The van der Waals surface area contributed by atoms with Gasteiger partial charge in [-0.3, -0.25) is 4.79 Å². The fraction of sp³-hybridized carbons (Fsp3) is 0.167. The zero-order valence-electron chi connectivity index (χ0n) is 9.39. The van der Waals surface area contributed by atoms with E-state index in [0.29, 0.717) is 11.5 Å². The summed E-state index contributed by atoms with van der Waals surface area (Å²) in [5.74, 6) is -0.305. The van der Waals surface area contributed by atoms with Crippen molar-refractivity contribution in [3.05, 3.63) is 47.7 Å². The van der Waals surface area contributed by atoms with Gasteiger partial charge in [-0.25, -0.2) is 4.68 Å². The normalized spacial score (nSPS) is 16.8. The molecule has 2 heterocycles. The highest BCUT2D eigenvalue weighted by Gasteiger charge is 2.24. The lowest BCUT2D eigenvalue weighted by Crippen LogP contribution is -2.08. The topological polar surface area (TPSA) is 79.8 Å². The molecule has 1 aromatic heterocycles. The first kappa shape index (κ1) is 10.6. The predicted octanol–water partition coefficient (Wildman–Crippen LogP) is 2.15. The Morgan fingerprint density at radius 3 is 2.83 bits per heavy atom. The number of hydrogen-bond acceptors (Lipinski definition) is 4. The molecular weight excluding hydrogens is 232 g/mol. The molecule has 0 spiro atoms. The SMILES string of the molecule is O=C(O)Cc1cc2n(n1)C(c1ccccc1)N=N2. The van der Waals surface area contributed by atoms with Gasteiger partial charge in [-0.2, -0.15) is 10.2 Å². The number of carboxylic acids is 1. The minimum absolute atomic E-state index is 0.100. The lowest BCUT2D eigenvalue weighted by atomic mass is 10.2. The van der Waals surface area contributed by atoms with Crippen molar-refractivity contribution in [2.24, 2.45) is 10.2 Å². The molecule has 0 fully saturated rings. The Balaban J connectivity index is 1.94. The maximum absolute atomic E-state index is 10.6. The number of aromatic nitrogens is 2. The molecule has 1 aromatic carbocycles. The van der Waals surface area contributed by atoms with Gasteiger partial charge in [0.1, 0.15) is 0 Å². The maximum Gasteiger partial charge on any atom is 0.309 e. The van der Waals surface area contributed by atoms with Crippen LogP contribution < -0.4 is 0 Å². The monoisotopic (exact) mass is 242 g/mol. The van der Waals surface area contributed by atoms with E-state index in [0.717, 1.165) is 5.56 Å². The van der Waals surface area contributed by atoms with Crippen molar-refractivity contribution in [2.75, 3.05) is 0 Å². The number of hydrogen-bond donors (Lipinski definition) is 1. The zero-order valence-corrected chi connectivity index (χ0v) is 9.39. The fourth-order valence-electron chi connectivity index (χ4n) is 1.93. The molecule has 90 valence electrons. The van der Waals surface area contributed by atoms with Gasteiger partial charge in [0, 0.05) is 11.6 Å². The third-order valence-corrected chi connectivity index (χ3v) is 2.70. The first-order chi connectivity index (χ1) is 8.74. The van der Waals surface area contributed by atoms with Crippen LogP contribution >= 0.6 is 0 Å². The van der Waals surface area contributed by atoms with Crippen LogP contribution in [0.25, 0.3) is 0 Å². The lowest BCUT2D eigenvalue weighted by Gasteiger charge is -2.07. The summed E-state index contributed by atoms with van der Waals surface area (Å²) < 4.78 is 1.65. The number of carboxylic acid groups (broad SMARTS) is 1. The molecule has 0 saturated heterocycles. The summed E-state index contributed by atoms with van der Waals surface area (Å²) in [6.07, 6.45) is -0.388. The molecule has 0 radical (unpaired) electrons. The Morgan fingerprint density at radius 2 is 2.11 bits per heavy atom. The van der Waals surface area contributed by atoms with Crippen LogP contribution in [0.3, 0.4) is 0 Å². The number of rotatable bonds is 3. The Kier molecular flexibility index (Phi) is 2.40. The molecule has 18 heavy (non-hydrogen) atoms. The second kappa shape index (κ2) is 4.06. The van der Waals surface area contributed by atoms with Gasteiger partial charge >= 0.3 is 5.97 Å². The summed E-state index contributed by atoms with van der Waals surface area (Å²) in [7, 11) is 0. The summed E-state index contributed by atoms with van der Waals surface area (Å²) in [5.41, 5.74) is 1.47. The Hall–Kier alpha value is -2.50. The van der Waals surface area contributed by atoms with E-state index in [-0.39, 0.29) is 12.6 Å². The Labute approximate surface area is 103 Å². The van der Waals surface area contributed by atoms with Crippen molar-refractivity contribution in [1.29, 1.82) is 0 Å². The van der Waals surface area contributed by atoms with E-state index >= 15 is 0 Å². The van der Waals surface area contributed by atoms with Gasteiger partial charge in [-0.05, 0) is 0 Å². The van der Waals surface area contributed by atoms with Crippen LogP contribution in [-0.4, -0.2) is 20.9 Å². The minimum atomic E-state index is -0.903. The molecule has 0 amide bonds. The molecule has 0 aliphatic carbocycles. The summed E-state index contributed by atoms with van der Waals surface area (Å²) in [6.45, 7) is 0. The zero-order chi connectivity index (χ0) is 12.5. The van der Waals surface area contributed by atoms with E-state index in [1.807, 2.05) is 30.3 Å². The molecule has 1 aliphatic rings. The van der Waals surface area contributed by atoms with E-state index in [1.54, 1.807) is 10.7 Å². The predicted molar refractivity (Wildman–Crippen MR) is 62.7 cm³/mol. The summed E-state index contributed by atoms with van der Waals surface area (Å²) in [6, 6.07) is 11.3. The number of benzene rings is 1. The average Bonchev–Trinajstić information content (AvgIpc) is 2.88. The van der Waals surface area contributed by atoms with Crippen molar-refractivity contribution < 1.29 is 9.90 Å². The van der Waals surface area contributed by atoms with E-state index in [4.69, 9.17) is 5.11 Å². The Bertz CT molecular complexity index is 618. The standard InChI is InChI=1S/C12H10N4O2/c17-11(18)7-9-6-10-13-14-12(16(10)15-9)8-4-2-1-3-5-8/h1-6,12H,7H2,(H,17,18). The van der Waals surface area contributed by atoms with E-state index in [1.165, 1.54) is 0 Å².